The maximum Gasteiger partial charge on any atom is 0.323 e. The highest BCUT2D eigenvalue weighted by Crippen LogP contribution is 2.17. The van der Waals surface area contributed by atoms with Crippen LogP contribution in [0.2, 0.25) is 0 Å². The van der Waals surface area contributed by atoms with Gasteiger partial charge in [-0.3, -0.25) is 9.69 Å². The normalized spacial score (nSPS) is 20.7. The van der Waals surface area contributed by atoms with Gasteiger partial charge in [-0.05, 0) is 38.6 Å². The minimum absolute atomic E-state index is 0.0533. The summed E-state index contributed by atoms with van der Waals surface area (Å²) >= 11 is 0. The first-order valence-electron chi connectivity index (χ1n) is 7.63. The maximum atomic E-state index is 11.9. The van der Waals surface area contributed by atoms with Crippen LogP contribution in [0, 0.1) is 5.92 Å². The molecule has 1 saturated heterocycles. The lowest BCUT2D eigenvalue weighted by Crippen LogP contribution is -2.46. The van der Waals surface area contributed by atoms with Crippen LogP contribution >= 0.6 is 0 Å². The zero-order chi connectivity index (χ0) is 14.1. The fraction of sp³-hybridized carbons (Fsp3) is 0.933. The number of esters is 1. The molecule has 0 N–H and O–H groups in total. The minimum atomic E-state index is -0.0654. The Morgan fingerprint density at radius 2 is 2.11 bits per heavy atom. The second-order valence-corrected chi connectivity index (χ2v) is 5.59. The van der Waals surface area contributed by atoms with Crippen LogP contribution in [-0.2, 0) is 14.3 Å². The fourth-order valence-electron chi connectivity index (χ4n) is 2.37. The Morgan fingerprint density at radius 3 is 2.79 bits per heavy atom. The Morgan fingerprint density at radius 1 is 1.32 bits per heavy atom. The molecule has 0 spiro atoms. The van der Waals surface area contributed by atoms with E-state index < -0.39 is 0 Å². The Balaban J connectivity index is 2.26. The van der Waals surface area contributed by atoms with Crippen LogP contribution in [0.25, 0.3) is 0 Å². The largest absolute Gasteiger partial charge is 0.465 e. The molecule has 0 aliphatic carbocycles. The van der Waals surface area contributed by atoms with E-state index in [1.54, 1.807) is 0 Å². The van der Waals surface area contributed by atoms with E-state index in [0.717, 1.165) is 39.0 Å². The van der Waals surface area contributed by atoms with Gasteiger partial charge in [0.05, 0.1) is 13.2 Å². The van der Waals surface area contributed by atoms with Crippen molar-refractivity contribution in [1.82, 2.24) is 4.90 Å². The Kier molecular flexibility index (Phi) is 8.07. The number of carbonyl (C=O) groups excluding carboxylic acids is 1. The summed E-state index contributed by atoms with van der Waals surface area (Å²) in [5, 5.41) is 0. The molecule has 1 rings (SSSR count). The van der Waals surface area contributed by atoms with Crippen molar-refractivity contribution in [2.45, 2.75) is 52.5 Å². The molecule has 1 aliphatic heterocycles. The molecule has 1 aliphatic rings. The number of nitrogens with zero attached hydrogens (tertiary/aromatic N) is 1. The van der Waals surface area contributed by atoms with Gasteiger partial charge in [0.15, 0.2) is 0 Å². The standard InChI is InChI=1S/C15H29NO3/c1-4-19-15(17)14-7-5-6-9-16(14)10-12-18-11-8-13(2)3/h13-14H,4-12H2,1-3H3. The summed E-state index contributed by atoms with van der Waals surface area (Å²) in [6.07, 6.45) is 4.31. The van der Waals surface area contributed by atoms with E-state index >= 15 is 0 Å². The van der Waals surface area contributed by atoms with E-state index in [0.29, 0.717) is 19.1 Å². The number of piperidine rings is 1. The van der Waals surface area contributed by atoms with E-state index in [-0.39, 0.29) is 12.0 Å². The quantitative estimate of drug-likeness (QED) is 0.502. The highest BCUT2D eigenvalue weighted by molar-refractivity contribution is 5.75. The Labute approximate surface area is 117 Å². The summed E-state index contributed by atoms with van der Waals surface area (Å²) < 4.78 is 10.8. The van der Waals surface area contributed by atoms with Crippen LogP contribution in [0.1, 0.15) is 46.5 Å². The molecule has 4 heteroatoms. The van der Waals surface area contributed by atoms with E-state index in [4.69, 9.17) is 9.47 Å². The molecule has 4 nitrogen and oxygen atoms in total. The summed E-state index contributed by atoms with van der Waals surface area (Å²) in [6, 6.07) is -0.0533. The summed E-state index contributed by atoms with van der Waals surface area (Å²) in [4.78, 5) is 14.1. The summed E-state index contributed by atoms with van der Waals surface area (Å²) in [5.41, 5.74) is 0. The predicted molar refractivity (Wildman–Crippen MR) is 76.1 cm³/mol. The van der Waals surface area contributed by atoms with Crippen molar-refractivity contribution in [3.8, 4) is 0 Å². The average Bonchev–Trinajstić information content (AvgIpc) is 2.38. The van der Waals surface area contributed by atoms with Crippen molar-refractivity contribution in [1.29, 1.82) is 0 Å². The number of ether oxygens (including phenoxy) is 2. The Bertz CT molecular complexity index is 256. The van der Waals surface area contributed by atoms with Crippen LogP contribution in [0.3, 0.4) is 0 Å². The van der Waals surface area contributed by atoms with E-state index in [1.165, 1.54) is 6.42 Å². The number of hydrogen-bond acceptors (Lipinski definition) is 4. The van der Waals surface area contributed by atoms with Gasteiger partial charge in [0, 0.05) is 13.2 Å². The van der Waals surface area contributed by atoms with Crippen molar-refractivity contribution in [3.05, 3.63) is 0 Å². The molecule has 19 heavy (non-hydrogen) atoms. The van der Waals surface area contributed by atoms with Gasteiger partial charge in [0.25, 0.3) is 0 Å². The molecule has 1 fully saturated rings. The minimum Gasteiger partial charge on any atom is -0.465 e. The SMILES string of the molecule is CCOC(=O)C1CCCCN1CCOCCC(C)C. The molecule has 0 aromatic rings. The zero-order valence-electron chi connectivity index (χ0n) is 12.7. The van der Waals surface area contributed by atoms with E-state index in [9.17, 15) is 4.79 Å². The zero-order valence-corrected chi connectivity index (χ0v) is 12.7. The van der Waals surface area contributed by atoms with Gasteiger partial charge in [-0.1, -0.05) is 20.3 Å². The third-order valence-electron chi connectivity index (χ3n) is 3.53. The van der Waals surface area contributed by atoms with Crippen molar-refractivity contribution in [3.63, 3.8) is 0 Å². The summed E-state index contributed by atoms with van der Waals surface area (Å²) in [5.74, 6) is 0.617. The molecule has 0 saturated carbocycles. The molecule has 0 bridgehead atoms. The molecule has 0 radical (unpaired) electrons. The van der Waals surface area contributed by atoms with Crippen LogP contribution in [-0.4, -0.2) is 49.8 Å². The lowest BCUT2D eigenvalue weighted by Gasteiger charge is -2.33. The lowest BCUT2D eigenvalue weighted by molar-refractivity contribution is -0.151. The molecule has 0 aromatic carbocycles. The van der Waals surface area contributed by atoms with Crippen LogP contribution in [0.15, 0.2) is 0 Å². The van der Waals surface area contributed by atoms with Crippen molar-refractivity contribution in [2.75, 3.05) is 32.9 Å². The van der Waals surface area contributed by atoms with Crippen LogP contribution in [0.4, 0.5) is 0 Å². The molecular weight excluding hydrogens is 242 g/mol. The van der Waals surface area contributed by atoms with Gasteiger partial charge in [-0.15, -0.1) is 0 Å². The van der Waals surface area contributed by atoms with Gasteiger partial charge >= 0.3 is 5.97 Å². The third-order valence-corrected chi connectivity index (χ3v) is 3.53. The molecule has 112 valence electrons. The lowest BCUT2D eigenvalue weighted by atomic mass is 10.0. The first-order chi connectivity index (χ1) is 9.15. The highest BCUT2D eigenvalue weighted by atomic mass is 16.5. The second-order valence-electron chi connectivity index (χ2n) is 5.59. The third kappa shape index (κ3) is 6.39. The Hall–Kier alpha value is -0.610. The molecule has 0 amide bonds. The highest BCUT2D eigenvalue weighted by Gasteiger charge is 2.29. The van der Waals surface area contributed by atoms with Crippen LogP contribution in [0.5, 0.6) is 0 Å². The van der Waals surface area contributed by atoms with Gasteiger partial charge in [0.2, 0.25) is 0 Å². The molecule has 0 aromatic heterocycles. The average molecular weight is 271 g/mol. The monoisotopic (exact) mass is 271 g/mol. The number of carbonyl (C=O) groups is 1. The van der Waals surface area contributed by atoms with Crippen molar-refractivity contribution < 1.29 is 14.3 Å². The molecule has 1 heterocycles. The topological polar surface area (TPSA) is 38.8 Å². The molecule has 1 atom stereocenters. The smallest absolute Gasteiger partial charge is 0.323 e. The second kappa shape index (κ2) is 9.32. The van der Waals surface area contributed by atoms with E-state index in [2.05, 4.69) is 18.7 Å². The first kappa shape index (κ1) is 16.4. The molecule has 1 unspecified atom stereocenters. The maximum absolute atomic E-state index is 11.9. The summed E-state index contributed by atoms with van der Waals surface area (Å²) in [6.45, 7) is 10.1. The number of hydrogen-bond donors (Lipinski definition) is 0. The van der Waals surface area contributed by atoms with Gasteiger partial charge in [-0.25, -0.2) is 0 Å². The van der Waals surface area contributed by atoms with Gasteiger partial charge in [-0.2, -0.15) is 0 Å². The summed E-state index contributed by atoms with van der Waals surface area (Å²) in [7, 11) is 0. The number of rotatable bonds is 8. The van der Waals surface area contributed by atoms with E-state index in [1.807, 2.05) is 6.92 Å². The van der Waals surface area contributed by atoms with Gasteiger partial charge < -0.3 is 9.47 Å². The fourth-order valence-corrected chi connectivity index (χ4v) is 2.37. The van der Waals surface area contributed by atoms with Gasteiger partial charge in [0.1, 0.15) is 6.04 Å². The van der Waals surface area contributed by atoms with Crippen molar-refractivity contribution >= 4 is 5.97 Å². The van der Waals surface area contributed by atoms with Crippen molar-refractivity contribution in [2.24, 2.45) is 5.92 Å². The number of likely N-dealkylation sites (tertiary alicyclic amines) is 1. The molecular formula is C15H29NO3. The predicted octanol–water partition coefficient (Wildman–Crippen LogP) is 2.47. The first-order valence-corrected chi connectivity index (χ1v) is 7.63. The van der Waals surface area contributed by atoms with Crippen LogP contribution < -0.4 is 0 Å².